The van der Waals surface area contributed by atoms with Gasteiger partial charge in [-0.3, -0.25) is 9.55 Å². The Labute approximate surface area is 277 Å². The minimum atomic E-state index is -1.14. The van der Waals surface area contributed by atoms with E-state index in [9.17, 15) is 9.90 Å². The minimum Gasteiger partial charge on any atom is -0.479 e. The molecule has 2 aliphatic rings. The second-order valence-electron chi connectivity index (χ2n) is 14.8. The highest BCUT2D eigenvalue weighted by molar-refractivity contribution is 5.88. The number of imidazole rings is 1. The van der Waals surface area contributed by atoms with E-state index in [1.165, 1.54) is 11.1 Å². The van der Waals surface area contributed by atoms with Crippen molar-refractivity contribution in [2.24, 2.45) is 5.41 Å². The highest BCUT2D eigenvalue weighted by Gasteiger charge is 2.36. The van der Waals surface area contributed by atoms with Gasteiger partial charge in [-0.05, 0) is 95.0 Å². The number of nitrogens with zero attached hydrogens (tertiary/aromatic N) is 7. The summed E-state index contributed by atoms with van der Waals surface area (Å²) in [7, 11) is 0. The number of piperidine rings is 1. The first-order valence-electron chi connectivity index (χ1n) is 16.6. The quantitative estimate of drug-likeness (QED) is 0.235. The number of carbonyl (C=O) groups is 1. The van der Waals surface area contributed by atoms with Crippen LogP contribution in [0.5, 0.6) is 0 Å². The van der Waals surface area contributed by atoms with Crippen molar-refractivity contribution >= 4 is 17.5 Å². The van der Waals surface area contributed by atoms with Gasteiger partial charge in [-0.2, -0.15) is 0 Å². The molecule has 0 saturated carbocycles. The molecule has 0 aliphatic carbocycles. The van der Waals surface area contributed by atoms with Crippen LogP contribution in [0.2, 0.25) is 0 Å². The van der Waals surface area contributed by atoms with Crippen molar-refractivity contribution in [3.05, 3.63) is 76.6 Å². The molecular weight excluding hydrogens is 590 g/mol. The molecule has 0 radical (unpaired) electrons. The van der Waals surface area contributed by atoms with E-state index in [4.69, 9.17) is 9.72 Å². The fourth-order valence-electron chi connectivity index (χ4n) is 6.83. The Morgan fingerprint density at radius 1 is 0.936 bits per heavy atom. The van der Waals surface area contributed by atoms with Gasteiger partial charge in [0.1, 0.15) is 6.33 Å². The van der Waals surface area contributed by atoms with Gasteiger partial charge in [0, 0.05) is 54.9 Å². The Morgan fingerprint density at radius 2 is 1.64 bits per heavy atom. The third-order valence-electron chi connectivity index (χ3n) is 9.41. The van der Waals surface area contributed by atoms with Gasteiger partial charge in [-0.15, -0.1) is 10.2 Å². The molecular formula is C37H47N7O3. The molecule has 4 aromatic rings. The van der Waals surface area contributed by atoms with Crippen molar-refractivity contribution in [2.45, 2.75) is 92.9 Å². The Hall–Kier alpha value is -4.31. The van der Waals surface area contributed by atoms with E-state index in [0.717, 1.165) is 85.3 Å². The molecule has 1 atom stereocenters. The number of rotatable bonds is 7. The second kappa shape index (κ2) is 12.4. The fourth-order valence-corrected chi connectivity index (χ4v) is 6.83. The van der Waals surface area contributed by atoms with Gasteiger partial charge < -0.3 is 19.6 Å². The monoisotopic (exact) mass is 637 g/mol. The average molecular weight is 638 g/mol. The normalized spacial score (nSPS) is 17.0. The number of anilines is 2. The lowest BCUT2D eigenvalue weighted by Gasteiger charge is -2.41. The van der Waals surface area contributed by atoms with Crippen molar-refractivity contribution in [3.63, 3.8) is 0 Å². The highest BCUT2D eigenvalue weighted by atomic mass is 16.5. The topological polar surface area (TPSA) is 110 Å². The molecule has 0 bridgehead atoms. The molecule has 10 heteroatoms. The molecule has 0 spiro atoms. The van der Waals surface area contributed by atoms with Gasteiger partial charge in [-0.1, -0.05) is 32.0 Å². The maximum Gasteiger partial charge on any atom is 0.337 e. The summed E-state index contributed by atoms with van der Waals surface area (Å²) in [6.07, 6.45) is 5.45. The predicted octanol–water partition coefficient (Wildman–Crippen LogP) is 6.78. The lowest BCUT2D eigenvalue weighted by Crippen LogP contribution is -2.39. The van der Waals surface area contributed by atoms with Crippen LogP contribution >= 0.6 is 0 Å². The lowest BCUT2D eigenvalue weighted by molar-refractivity contribution is -0.160. The number of benzene rings is 1. The summed E-state index contributed by atoms with van der Waals surface area (Å²) in [5.74, 6) is 0.585. The van der Waals surface area contributed by atoms with Gasteiger partial charge in [0.15, 0.2) is 17.7 Å². The number of ether oxygens (including phenoxy) is 1. The van der Waals surface area contributed by atoms with Crippen LogP contribution in [0.3, 0.4) is 0 Å². The zero-order valence-electron chi connectivity index (χ0n) is 29.0. The number of aliphatic carboxylic acids is 1. The fraction of sp³-hybridized carbons (Fsp3) is 0.486. The molecule has 6 rings (SSSR count). The van der Waals surface area contributed by atoms with Crippen LogP contribution in [0, 0.1) is 26.2 Å². The molecule has 1 saturated heterocycles. The Bertz CT molecular complexity index is 1780. The summed E-state index contributed by atoms with van der Waals surface area (Å²) in [6.45, 7) is 19.5. The summed E-state index contributed by atoms with van der Waals surface area (Å²) >= 11 is 0. The maximum atomic E-state index is 12.8. The number of carboxylic acids is 1. The van der Waals surface area contributed by atoms with Crippen molar-refractivity contribution < 1.29 is 14.6 Å². The van der Waals surface area contributed by atoms with Crippen molar-refractivity contribution in [1.82, 2.24) is 24.7 Å². The van der Waals surface area contributed by atoms with E-state index >= 15 is 0 Å². The van der Waals surface area contributed by atoms with Crippen LogP contribution in [0.25, 0.3) is 16.9 Å². The van der Waals surface area contributed by atoms with E-state index < -0.39 is 17.7 Å². The predicted molar refractivity (Wildman–Crippen MR) is 184 cm³/mol. The summed E-state index contributed by atoms with van der Waals surface area (Å²) in [4.78, 5) is 26.7. The van der Waals surface area contributed by atoms with Crippen molar-refractivity contribution in [3.8, 4) is 16.9 Å². The molecule has 1 aromatic carbocycles. The van der Waals surface area contributed by atoms with Crippen LogP contribution < -0.4 is 9.80 Å². The number of hydrogen-bond acceptors (Lipinski definition) is 8. The van der Waals surface area contributed by atoms with Crippen LogP contribution in [0.4, 0.5) is 11.5 Å². The van der Waals surface area contributed by atoms with Gasteiger partial charge >= 0.3 is 5.97 Å². The van der Waals surface area contributed by atoms with Crippen LogP contribution in [0.15, 0.2) is 42.9 Å². The van der Waals surface area contributed by atoms with E-state index in [-0.39, 0.29) is 5.41 Å². The first kappa shape index (κ1) is 32.6. The van der Waals surface area contributed by atoms with Crippen LogP contribution in [0.1, 0.15) is 87.3 Å². The third kappa shape index (κ3) is 6.88. The average Bonchev–Trinajstić information content (AvgIpc) is 3.45. The Kier molecular flexibility index (Phi) is 8.59. The molecule has 10 nitrogen and oxygen atoms in total. The number of carboxylic acid groups (broad SMARTS) is 1. The highest BCUT2D eigenvalue weighted by Crippen LogP contribution is 2.45. The number of aryl methyl sites for hydroxylation is 3. The zero-order chi connectivity index (χ0) is 33.7. The van der Waals surface area contributed by atoms with Crippen LogP contribution in [-0.4, -0.2) is 61.0 Å². The van der Waals surface area contributed by atoms with Crippen LogP contribution in [-0.2, 0) is 22.5 Å². The number of pyridine rings is 1. The molecule has 1 N–H and O–H groups in total. The Morgan fingerprint density at radius 3 is 2.26 bits per heavy atom. The van der Waals surface area contributed by atoms with E-state index in [1.807, 2.05) is 64.4 Å². The molecule has 0 unspecified atom stereocenters. The van der Waals surface area contributed by atoms with Gasteiger partial charge in [0.25, 0.3) is 0 Å². The zero-order valence-corrected chi connectivity index (χ0v) is 29.0. The number of aromatic nitrogens is 5. The Balaban J connectivity index is 1.37. The molecule has 0 amide bonds. The summed E-state index contributed by atoms with van der Waals surface area (Å²) in [5, 5.41) is 19.5. The van der Waals surface area contributed by atoms with E-state index in [1.54, 1.807) is 6.33 Å². The minimum absolute atomic E-state index is 0.239. The van der Waals surface area contributed by atoms with Crippen molar-refractivity contribution in [1.29, 1.82) is 0 Å². The summed E-state index contributed by atoms with van der Waals surface area (Å²) in [6, 6.07) is 10.6. The van der Waals surface area contributed by atoms with Crippen molar-refractivity contribution in [2.75, 3.05) is 29.4 Å². The summed E-state index contributed by atoms with van der Waals surface area (Å²) < 4.78 is 8.13. The smallest absolute Gasteiger partial charge is 0.337 e. The standard InChI is InChI=1S/C37H47N7O3/c1-23-20-44(22-38-23)30-12-11-29(40-41-30)43-16-13-26-19-27(9-10-28(26)21-43)31-24(2)39-25(3)32(34(35(45)46)47-36(4,5)6)33(31)42-17-14-37(7,8)15-18-42/h9-12,19-20,22,34H,13-18,21H2,1-8H3,(H,45,46)/t34-/m0/s1. The lowest BCUT2D eigenvalue weighted by atomic mass is 9.81. The second-order valence-corrected chi connectivity index (χ2v) is 14.8. The molecule has 3 aromatic heterocycles. The third-order valence-corrected chi connectivity index (χ3v) is 9.41. The number of hydrogen-bond donors (Lipinski definition) is 1. The molecule has 248 valence electrons. The number of fused-ring (bicyclic) bond motifs is 1. The SMILES string of the molecule is Cc1cn(-c2ccc(N3CCc4cc(-c5c(C)nc(C)c([C@H](OC(C)(C)C)C(=O)O)c5N5CCC(C)(C)CC5)ccc4C3)nn2)cn1. The first-order valence-corrected chi connectivity index (χ1v) is 16.6. The molecule has 1 fully saturated rings. The van der Waals surface area contributed by atoms with Gasteiger partial charge in [0.2, 0.25) is 0 Å². The molecule has 47 heavy (non-hydrogen) atoms. The largest absolute Gasteiger partial charge is 0.479 e. The van der Waals surface area contributed by atoms with Gasteiger partial charge in [-0.25, -0.2) is 9.78 Å². The van der Waals surface area contributed by atoms with Gasteiger partial charge in [0.05, 0.1) is 17.0 Å². The maximum absolute atomic E-state index is 12.8. The molecule has 2 aliphatic heterocycles. The molecule has 5 heterocycles. The van der Waals surface area contributed by atoms with E-state index in [2.05, 4.69) is 57.0 Å². The summed E-state index contributed by atoms with van der Waals surface area (Å²) in [5.41, 5.74) is 8.30. The van der Waals surface area contributed by atoms with E-state index in [0.29, 0.717) is 11.3 Å². The first-order chi connectivity index (χ1) is 22.2.